The molecule has 2 aromatic heterocycles. The summed E-state index contributed by atoms with van der Waals surface area (Å²) in [6.07, 6.45) is 8.16. The lowest BCUT2D eigenvalue weighted by Gasteiger charge is -2.32. The maximum Gasteiger partial charge on any atom is 0.277 e. The van der Waals surface area contributed by atoms with Crippen LogP contribution in [-0.2, 0) is 13.5 Å². The number of amides is 1. The monoisotopic (exact) mass is 442 g/mol. The number of piperidine rings is 1. The molecule has 31 heavy (non-hydrogen) atoms. The molecule has 0 bridgehead atoms. The number of benzene rings is 1. The van der Waals surface area contributed by atoms with Gasteiger partial charge in [-0.2, -0.15) is 0 Å². The summed E-state index contributed by atoms with van der Waals surface area (Å²) in [6.45, 7) is 3.71. The lowest BCUT2D eigenvalue weighted by molar-refractivity contribution is 0.0705. The average Bonchev–Trinajstić information content (AvgIpc) is 3.11. The Morgan fingerprint density at radius 1 is 1.26 bits per heavy atom. The molecule has 0 atom stereocenters. The Balaban J connectivity index is 1.22. The van der Waals surface area contributed by atoms with Crippen LogP contribution >= 0.6 is 11.6 Å². The number of carbonyl (C=O) groups excluding carboxylic acids is 1. The van der Waals surface area contributed by atoms with Gasteiger partial charge in [0.1, 0.15) is 0 Å². The minimum Gasteiger partial charge on any atom is -0.350 e. The summed E-state index contributed by atoms with van der Waals surface area (Å²) in [4.78, 5) is 22.0. The number of hydrogen-bond acceptors (Lipinski definition) is 6. The number of nitrogens with one attached hydrogen (secondary N) is 2. The molecule has 0 radical (unpaired) electrons. The van der Waals surface area contributed by atoms with E-state index in [-0.39, 0.29) is 5.56 Å². The van der Waals surface area contributed by atoms with Gasteiger partial charge in [0, 0.05) is 54.7 Å². The molecular formula is C22H27ClN6O2. The Morgan fingerprint density at radius 2 is 2.00 bits per heavy atom. The second kappa shape index (κ2) is 9.64. The normalized spacial score (nSPS) is 14.9. The van der Waals surface area contributed by atoms with Gasteiger partial charge in [0.15, 0.2) is 0 Å². The zero-order valence-corrected chi connectivity index (χ0v) is 18.3. The molecule has 9 heteroatoms. The molecule has 8 nitrogen and oxygen atoms in total. The van der Waals surface area contributed by atoms with Gasteiger partial charge in [-0.25, -0.2) is 15.4 Å². The van der Waals surface area contributed by atoms with Crippen molar-refractivity contribution < 1.29 is 10.0 Å². The first-order valence-corrected chi connectivity index (χ1v) is 10.9. The SMILES string of the molecule is Cn1cc(CCNCC2CCN(c3ncc(C(=O)NO)cn3)CC2)c2cc(Cl)ccc21. The first-order chi connectivity index (χ1) is 15.0. The summed E-state index contributed by atoms with van der Waals surface area (Å²) in [5, 5.41) is 14.3. The van der Waals surface area contributed by atoms with Crippen LogP contribution in [0.2, 0.25) is 5.02 Å². The summed E-state index contributed by atoms with van der Waals surface area (Å²) in [5.74, 6) is 0.635. The van der Waals surface area contributed by atoms with Gasteiger partial charge in [0.05, 0.1) is 5.56 Å². The fraction of sp³-hybridized carbons (Fsp3) is 0.409. The van der Waals surface area contributed by atoms with E-state index >= 15 is 0 Å². The van der Waals surface area contributed by atoms with Gasteiger partial charge < -0.3 is 14.8 Å². The van der Waals surface area contributed by atoms with Crippen LogP contribution in [0.3, 0.4) is 0 Å². The standard InChI is InChI=1S/C22H27ClN6O2/c1-28-14-16(19-10-18(23)2-3-20(19)28)4-7-24-11-15-5-8-29(9-6-15)22-25-12-17(13-26-22)21(30)27-31/h2-3,10,12-15,24,31H,4-9,11H2,1H3,(H,27,30). The van der Waals surface area contributed by atoms with E-state index in [4.69, 9.17) is 16.8 Å². The number of carbonyl (C=O) groups is 1. The summed E-state index contributed by atoms with van der Waals surface area (Å²) in [5.41, 5.74) is 4.35. The van der Waals surface area contributed by atoms with Crippen molar-refractivity contribution in [1.82, 2.24) is 25.3 Å². The fourth-order valence-corrected chi connectivity index (χ4v) is 4.35. The van der Waals surface area contributed by atoms with Crippen molar-refractivity contribution in [2.75, 3.05) is 31.1 Å². The topological polar surface area (TPSA) is 95.3 Å². The first kappa shape index (κ1) is 21.5. The van der Waals surface area contributed by atoms with Crippen LogP contribution in [-0.4, -0.2) is 51.8 Å². The van der Waals surface area contributed by atoms with E-state index in [1.54, 1.807) is 5.48 Å². The van der Waals surface area contributed by atoms with Crippen molar-refractivity contribution in [3.63, 3.8) is 0 Å². The summed E-state index contributed by atoms with van der Waals surface area (Å²) in [7, 11) is 2.07. The van der Waals surface area contributed by atoms with Gasteiger partial charge in [-0.05, 0) is 62.0 Å². The van der Waals surface area contributed by atoms with Gasteiger partial charge in [-0.3, -0.25) is 10.0 Å². The third kappa shape index (κ3) is 4.98. The van der Waals surface area contributed by atoms with Crippen molar-refractivity contribution in [2.45, 2.75) is 19.3 Å². The highest BCUT2D eigenvalue weighted by Crippen LogP contribution is 2.25. The van der Waals surface area contributed by atoms with E-state index in [0.29, 0.717) is 11.9 Å². The van der Waals surface area contributed by atoms with Crippen molar-refractivity contribution in [3.8, 4) is 0 Å². The molecule has 3 heterocycles. The predicted octanol–water partition coefficient (Wildman–Crippen LogP) is 2.79. The number of fused-ring (bicyclic) bond motifs is 1. The molecule has 0 saturated carbocycles. The van der Waals surface area contributed by atoms with E-state index in [0.717, 1.165) is 50.5 Å². The van der Waals surface area contributed by atoms with E-state index in [1.165, 1.54) is 28.9 Å². The molecule has 1 amide bonds. The molecule has 0 unspecified atom stereocenters. The second-order valence-corrected chi connectivity index (χ2v) is 8.46. The third-order valence-corrected chi connectivity index (χ3v) is 6.17. The smallest absolute Gasteiger partial charge is 0.277 e. The molecule has 1 aliphatic heterocycles. The summed E-state index contributed by atoms with van der Waals surface area (Å²) < 4.78 is 2.15. The van der Waals surface area contributed by atoms with Gasteiger partial charge >= 0.3 is 0 Å². The van der Waals surface area contributed by atoms with Crippen molar-refractivity contribution in [3.05, 3.63) is 52.9 Å². The number of nitrogens with zero attached hydrogens (tertiary/aromatic N) is 4. The van der Waals surface area contributed by atoms with Crippen molar-refractivity contribution in [1.29, 1.82) is 0 Å². The molecule has 4 rings (SSSR count). The molecular weight excluding hydrogens is 416 g/mol. The maximum atomic E-state index is 11.4. The number of halogens is 1. The predicted molar refractivity (Wildman–Crippen MR) is 121 cm³/mol. The molecule has 0 aliphatic carbocycles. The second-order valence-electron chi connectivity index (χ2n) is 8.02. The number of anilines is 1. The molecule has 1 aromatic carbocycles. The zero-order chi connectivity index (χ0) is 21.8. The molecule has 164 valence electrons. The Labute approximate surface area is 186 Å². The van der Waals surface area contributed by atoms with Crippen molar-refractivity contribution >= 4 is 34.4 Å². The lowest BCUT2D eigenvalue weighted by Crippen LogP contribution is -2.38. The molecule has 3 aromatic rings. The van der Waals surface area contributed by atoms with Gasteiger partial charge in [-0.15, -0.1) is 0 Å². The van der Waals surface area contributed by atoms with Crippen LogP contribution in [0.5, 0.6) is 0 Å². The largest absolute Gasteiger partial charge is 0.350 e. The first-order valence-electron chi connectivity index (χ1n) is 10.5. The molecule has 1 fully saturated rings. The molecule has 1 saturated heterocycles. The van der Waals surface area contributed by atoms with Crippen LogP contribution in [0.25, 0.3) is 10.9 Å². The van der Waals surface area contributed by atoms with Crippen LogP contribution in [0, 0.1) is 5.92 Å². The fourth-order valence-electron chi connectivity index (χ4n) is 4.18. The Bertz CT molecular complexity index is 1040. The quantitative estimate of drug-likeness (QED) is 0.296. The molecule has 3 N–H and O–H groups in total. The van der Waals surface area contributed by atoms with Crippen molar-refractivity contribution in [2.24, 2.45) is 13.0 Å². The Kier molecular flexibility index (Phi) is 6.70. The van der Waals surface area contributed by atoms with Crippen LogP contribution in [0.1, 0.15) is 28.8 Å². The van der Waals surface area contributed by atoms with E-state index in [9.17, 15) is 4.79 Å². The Morgan fingerprint density at radius 3 is 2.71 bits per heavy atom. The molecule has 1 aliphatic rings. The van der Waals surface area contributed by atoms with Gasteiger partial charge in [0.2, 0.25) is 5.95 Å². The zero-order valence-electron chi connectivity index (χ0n) is 17.5. The van der Waals surface area contributed by atoms with Crippen LogP contribution in [0.15, 0.2) is 36.8 Å². The summed E-state index contributed by atoms with van der Waals surface area (Å²) in [6, 6.07) is 6.05. The lowest BCUT2D eigenvalue weighted by atomic mass is 9.97. The van der Waals surface area contributed by atoms with Gasteiger partial charge in [0.25, 0.3) is 5.91 Å². The summed E-state index contributed by atoms with van der Waals surface area (Å²) >= 11 is 6.18. The molecule has 0 spiro atoms. The highest BCUT2D eigenvalue weighted by atomic mass is 35.5. The van der Waals surface area contributed by atoms with E-state index < -0.39 is 5.91 Å². The Hall–Kier alpha value is -2.68. The highest BCUT2D eigenvalue weighted by Gasteiger charge is 2.21. The minimum atomic E-state index is -0.608. The average molecular weight is 443 g/mol. The number of hydroxylamine groups is 1. The maximum absolute atomic E-state index is 11.4. The number of aromatic nitrogens is 3. The van der Waals surface area contributed by atoms with Gasteiger partial charge in [-0.1, -0.05) is 11.6 Å². The highest BCUT2D eigenvalue weighted by molar-refractivity contribution is 6.31. The van der Waals surface area contributed by atoms with E-state index in [1.807, 2.05) is 12.1 Å². The number of rotatable bonds is 7. The minimum absolute atomic E-state index is 0.235. The van der Waals surface area contributed by atoms with Crippen LogP contribution in [0.4, 0.5) is 5.95 Å². The third-order valence-electron chi connectivity index (χ3n) is 5.94. The number of aryl methyl sites for hydroxylation is 1. The van der Waals surface area contributed by atoms with E-state index in [2.05, 4.69) is 44.1 Å². The number of hydrogen-bond donors (Lipinski definition) is 3. The van der Waals surface area contributed by atoms with Crippen LogP contribution < -0.4 is 15.7 Å².